The summed E-state index contributed by atoms with van der Waals surface area (Å²) in [7, 11) is 0. The highest BCUT2D eigenvalue weighted by molar-refractivity contribution is 7.09. The van der Waals surface area contributed by atoms with Gasteiger partial charge >= 0.3 is 0 Å². The number of thiophene rings is 1. The van der Waals surface area contributed by atoms with Crippen molar-refractivity contribution in [2.24, 2.45) is 10.9 Å². The molecule has 0 bridgehead atoms. The smallest absolute Gasteiger partial charge is 0.191 e. The van der Waals surface area contributed by atoms with E-state index in [2.05, 4.69) is 44.9 Å². The van der Waals surface area contributed by atoms with Gasteiger partial charge in [-0.3, -0.25) is 14.8 Å². The molecule has 0 unspecified atom stereocenters. The number of nitrogens with one attached hydrogen (secondary N) is 2. The van der Waals surface area contributed by atoms with Crippen LogP contribution in [0.4, 0.5) is 0 Å². The Balaban J connectivity index is 1.35. The molecule has 152 valence electrons. The Hall–Kier alpha value is -1.15. The van der Waals surface area contributed by atoms with Crippen molar-refractivity contribution in [1.82, 2.24) is 20.4 Å². The minimum Gasteiger partial charge on any atom is -0.379 e. The molecule has 0 radical (unpaired) electrons. The normalized spacial score (nSPS) is 20.7. The number of aliphatic imine (C=N–C) groups is 1. The molecule has 3 heterocycles. The number of likely N-dealkylation sites (tertiary alicyclic amines) is 1. The van der Waals surface area contributed by atoms with Crippen LogP contribution in [0.5, 0.6) is 0 Å². The van der Waals surface area contributed by atoms with Gasteiger partial charge in [-0.2, -0.15) is 0 Å². The fraction of sp³-hybridized carbons (Fsp3) is 0.750. The van der Waals surface area contributed by atoms with E-state index in [1.807, 2.05) is 11.3 Å². The highest BCUT2D eigenvalue weighted by Crippen LogP contribution is 2.20. The fourth-order valence-corrected chi connectivity index (χ4v) is 4.42. The van der Waals surface area contributed by atoms with Gasteiger partial charge in [0, 0.05) is 50.7 Å². The maximum atomic E-state index is 5.41. The second-order valence-corrected chi connectivity index (χ2v) is 8.43. The number of hydrogen-bond donors (Lipinski definition) is 2. The zero-order valence-electron chi connectivity index (χ0n) is 16.7. The number of guanidine groups is 1. The van der Waals surface area contributed by atoms with Crippen LogP contribution >= 0.6 is 11.3 Å². The summed E-state index contributed by atoms with van der Waals surface area (Å²) in [5, 5.41) is 9.05. The maximum absolute atomic E-state index is 5.41. The van der Waals surface area contributed by atoms with E-state index in [1.165, 1.54) is 30.8 Å². The van der Waals surface area contributed by atoms with Crippen LogP contribution in [0.1, 0.15) is 24.6 Å². The molecule has 27 heavy (non-hydrogen) atoms. The molecule has 1 aromatic rings. The van der Waals surface area contributed by atoms with Crippen LogP contribution in [0.3, 0.4) is 0 Å². The van der Waals surface area contributed by atoms with Gasteiger partial charge in [0.25, 0.3) is 0 Å². The number of nitrogens with zero attached hydrogens (tertiary/aromatic N) is 3. The minimum absolute atomic E-state index is 0.708. The first kappa shape index (κ1) is 20.6. The quantitative estimate of drug-likeness (QED) is 0.521. The van der Waals surface area contributed by atoms with E-state index in [0.29, 0.717) is 5.92 Å². The zero-order chi connectivity index (χ0) is 18.7. The van der Waals surface area contributed by atoms with Gasteiger partial charge < -0.3 is 15.4 Å². The Labute approximate surface area is 168 Å². The van der Waals surface area contributed by atoms with Crippen LogP contribution in [0.15, 0.2) is 22.5 Å². The number of piperidine rings is 1. The summed E-state index contributed by atoms with van der Waals surface area (Å²) in [6.07, 6.45) is 2.50. The van der Waals surface area contributed by atoms with E-state index < -0.39 is 0 Å². The van der Waals surface area contributed by atoms with Crippen molar-refractivity contribution in [3.63, 3.8) is 0 Å². The Morgan fingerprint density at radius 2 is 2.00 bits per heavy atom. The molecule has 0 amide bonds. The summed E-state index contributed by atoms with van der Waals surface area (Å²) in [6, 6.07) is 4.39. The van der Waals surface area contributed by atoms with Crippen LogP contribution in [0.25, 0.3) is 0 Å². The summed E-state index contributed by atoms with van der Waals surface area (Å²) in [5.74, 6) is 1.67. The maximum Gasteiger partial charge on any atom is 0.191 e. The van der Waals surface area contributed by atoms with Gasteiger partial charge in [0.05, 0.1) is 13.2 Å². The molecule has 2 aliphatic heterocycles. The highest BCUT2D eigenvalue weighted by Gasteiger charge is 2.19. The average Bonchev–Trinajstić information content (AvgIpc) is 3.21. The van der Waals surface area contributed by atoms with Crippen LogP contribution in [0.2, 0.25) is 0 Å². The highest BCUT2D eigenvalue weighted by atomic mass is 32.1. The van der Waals surface area contributed by atoms with E-state index in [-0.39, 0.29) is 0 Å². The second kappa shape index (κ2) is 11.6. The van der Waals surface area contributed by atoms with Gasteiger partial charge in [-0.15, -0.1) is 11.3 Å². The summed E-state index contributed by atoms with van der Waals surface area (Å²) in [4.78, 5) is 11.4. The third-order valence-electron chi connectivity index (χ3n) is 5.34. The van der Waals surface area contributed by atoms with E-state index in [9.17, 15) is 0 Å². The largest absolute Gasteiger partial charge is 0.379 e. The van der Waals surface area contributed by atoms with E-state index in [1.54, 1.807) is 0 Å². The molecule has 0 aromatic carbocycles. The molecule has 0 spiro atoms. The first-order valence-corrected chi connectivity index (χ1v) is 11.3. The Morgan fingerprint density at radius 1 is 1.19 bits per heavy atom. The van der Waals surface area contributed by atoms with Crippen molar-refractivity contribution in [2.75, 3.05) is 65.6 Å². The monoisotopic (exact) mass is 393 g/mol. The van der Waals surface area contributed by atoms with Crippen LogP contribution in [-0.2, 0) is 11.3 Å². The third kappa shape index (κ3) is 7.41. The molecular formula is C20H35N5OS. The lowest BCUT2D eigenvalue weighted by Gasteiger charge is -2.31. The van der Waals surface area contributed by atoms with Crippen LogP contribution < -0.4 is 10.6 Å². The molecule has 2 fully saturated rings. The summed E-state index contributed by atoms with van der Waals surface area (Å²) < 4.78 is 5.41. The number of rotatable bonds is 8. The van der Waals surface area contributed by atoms with E-state index >= 15 is 0 Å². The van der Waals surface area contributed by atoms with Crippen molar-refractivity contribution in [2.45, 2.75) is 26.3 Å². The number of ether oxygens (including phenoxy) is 1. The van der Waals surface area contributed by atoms with Crippen LogP contribution in [-0.4, -0.2) is 81.3 Å². The van der Waals surface area contributed by atoms with Gasteiger partial charge in [-0.1, -0.05) is 6.07 Å². The molecule has 0 aliphatic carbocycles. The average molecular weight is 394 g/mol. The molecule has 3 rings (SSSR count). The Morgan fingerprint density at radius 3 is 2.70 bits per heavy atom. The molecule has 0 saturated carbocycles. The molecule has 6 nitrogen and oxygen atoms in total. The minimum atomic E-state index is 0.708. The predicted octanol–water partition coefficient (Wildman–Crippen LogP) is 1.85. The van der Waals surface area contributed by atoms with Crippen molar-refractivity contribution >= 4 is 17.3 Å². The van der Waals surface area contributed by atoms with Gasteiger partial charge in [0.15, 0.2) is 5.96 Å². The first-order valence-electron chi connectivity index (χ1n) is 10.4. The van der Waals surface area contributed by atoms with Crippen LogP contribution in [0, 0.1) is 5.92 Å². The summed E-state index contributed by atoms with van der Waals surface area (Å²) >= 11 is 1.86. The van der Waals surface area contributed by atoms with Gasteiger partial charge in [-0.25, -0.2) is 0 Å². The van der Waals surface area contributed by atoms with Crippen molar-refractivity contribution in [1.29, 1.82) is 0 Å². The molecule has 1 aromatic heterocycles. The fourth-order valence-electron chi connectivity index (χ4n) is 3.67. The molecule has 2 aliphatic rings. The molecule has 2 saturated heterocycles. The summed E-state index contributed by atoms with van der Waals surface area (Å²) in [6.45, 7) is 13.2. The lowest BCUT2D eigenvalue weighted by molar-refractivity contribution is 0.0389. The molecule has 2 N–H and O–H groups in total. The molecule has 0 atom stereocenters. The first-order chi connectivity index (χ1) is 13.3. The zero-order valence-corrected chi connectivity index (χ0v) is 17.5. The predicted molar refractivity (Wildman–Crippen MR) is 114 cm³/mol. The summed E-state index contributed by atoms with van der Waals surface area (Å²) in [5.41, 5.74) is 0. The van der Waals surface area contributed by atoms with Crippen molar-refractivity contribution < 1.29 is 4.74 Å². The lowest BCUT2D eigenvalue weighted by Crippen LogP contribution is -2.44. The Kier molecular flexibility index (Phi) is 8.87. The second-order valence-electron chi connectivity index (χ2n) is 7.40. The molecule has 7 heteroatoms. The van der Waals surface area contributed by atoms with Crippen molar-refractivity contribution in [3.8, 4) is 0 Å². The lowest BCUT2D eigenvalue weighted by atomic mass is 9.97. The standard InChI is InChI=1S/C20H35N5OS/c1-2-21-20(22-7-10-24-11-13-26-14-12-24)23-16-18-5-8-25(9-6-18)17-19-4-3-15-27-19/h3-4,15,18H,2,5-14,16-17H2,1H3,(H2,21,22,23). The van der Waals surface area contributed by atoms with E-state index in [0.717, 1.165) is 65.0 Å². The molecular weight excluding hydrogens is 358 g/mol. The van der Waals surface area contributed by atoms with E-state index in [4.69, 9.17) is 9.73 Å². The Bertz CT molecular complexity index is 537. The van der Waals surface area contributed by atoms with Gasteiger partial charge in [-0.05, 0) is 50.2 Å². The topological polar surface area (TPSA) is 52.1 Å². The SMILES string of the molecule is CCNC(=NCC1CCN(Cc2cccs2)CC1)NCCN1CCOCC1. The van der Waals surface area contributed by atoms with Gasteiger partial charge in [0.2, 0.25) is 0 Å². The van der Waals surface area contributed by atoms with Gasteiger partial charge in [0.1, 0.15) is 0 Å². The van der Waals surface area contributed by atoms with Crippen molar-refractivity contribution in [3.05, 3.63) is 22.4 Å². The number of morpholine rings is 1. The number of hydrogen-bond acceptors (Lipinski definition) is 5. The third-order valence-corrected chi connectivity index (χ3v) is 6.20.